The first-order valence-corrected chi connectivity index (χ1v) is 12.0. The van der Waals surface area contributed by atoms with E-state index in [1.807, 2.05) is 31.4 Å². The smallest absolute Gasteiger partial charge is 0.252 e. The lowest BCUT2D eigenvalue weighted by molar-refractivity contribution is 0.0835. The third-order valence-corrected chi connectivity index (χ3v) is 6.27. The topological polar surface area (TPSA) is 108 Å². The van der Waals surface area contributed by atoms with Crippen molar-refractivity contribution in [2.24, 2.45) is 0 Å². The molecule has 0 bridgehead atoms. The minimum Gasteiger partial charge on any atom is -0.493 e. The molecule has 184 valence electrons. The van der Waals surface area contributed by atoms with E-state index in [2.05, 4.69) is 10.4 Å². The van der Waals surface area contributed by atoms with Crippen LogP contribution in [-0.2, 0) is 0 Å². The summed E-state index contributed by atoms with van der Waals surface area (Å²) in [4.78, 5) is 18.9. The molecular formula is C25H28N4O5S. The van der Waals surface area contributed by atoms with Crippen molar-refractivity contribution in [3.8, 4) is 27.8 Å². The van der Waals surface area contributed by atoms with Gasteiger partial charge in [0.05, 0.1) is 41.9 Å². The Bertz CT molecular complexity index is 1280. The van der Waals surface area contributed by atoms with Crippen molar-refractivity contribution < 1.29 is 24.1 Å². The van der Waals surface area contributed by atoms with Crippen LogP contribution in [0.5, 0.6) is 17.2 Å². The van der Waals surface area contributed by atoms with Gasteiger partial charge in [0.1, 0.15) is 12.7 Å². The molecule has 1 unspecified atom stereocenters. The summed E-state index contributed by atoms with van der Waals surface area (Å²) < 4.78 is 18.2. The summed E-state index contributed by atoms with van der Waals surface area (Å²) in [6.45, 7) is 3.96. The summed E-state index contributed by atoms with van der Waals surface area (Å²) in [5, 5.41) is 20.3. The van der Waals surface area contributed by atoms with E-state index < -0.39 is 6.10 Å². The van der Waals surface area contributed by atoms with E-state index in [0.29, 0.717) is 39.5 Å². The second-order valence-corrected chi connectivity index (χ2v) is 9.07. The fourth-order valence-electron chi connectivity index (χ4n) is 3.64. The summed E-state index contributed by atoms with van der Waals surface area (Å²) in [6, 6.07) is 11.0. The molecule has 3 heterocycles. The Kier molecular flexibility index (Phi) is 7.52. The SMILES string of the molecule is COc1cccc(OC)c1OCC(O)CNC(=O)c1cc(-c2cccs2)nc2c1cnn2C(C)C. The first kappa shape index (κ1) is 24.5. The number of hydrogen-bond donors (Lipinski definition) is 2. The van der Waals surface area contributed by atoms with Gasteiger partial charge in [0.15, 0.2) is 17.1 Å². The number of aliphatic hydroxyl groups is 1. The van der Waals surface area contributed by atoms with E-state index in [9.17, 15) is 9.90 Å². The summed E-state index contributed by atoms with van der Waals surface area (Å²) >= 11 is 1.55. The van der Waals surface area contributed by atoms with Gasteiger partial charge in [-0.3, -0.25) is 4.79 Å². The number of nitrogens with zero attached hydrogens (tertiary/aromatic N) is 3. The van der Waals surface area contributed by atoms with E-state index in [-0.39, 0.29) is 25.1 Å². The van der Waals surface area contributed by atoms with Gasteiger partial charge in [-0.2, -0.15) is 5.10 Å². The number of benzene rings is 1. The molecule has 0 spiro atoms. The number of methoxy groups -OCH3 is 2. The first-order chi connectivity index (χ1) is 16.9. The normalized spacial score (nSPS) is 12.1. The maximum atomic E-state index is 13.2. The van der Waals surface area contributed by atoms with E-state index in [0.717, 1.165) is 4.88 Å². The Labute approximate surface area is 207 Å². The molecular weight excluding hydrogens is 468 g/mol. The molecule has 1 amide bonds. The third kappa shape index (κ3) is 5.23. The zero-order valence-electron chi connectivity index (χ0n) is 20.0. The molecule has 1 aromatic carbocycles. The number of fused-ring (bicyclic) bond motifs is 1. The predicted octanol–water partition coefficient (Wildman–Crippen LogP) is 3.93. The number of para-hydroxylation sites is 1. The van der Waals surface area contributed by atoms with Crippen molar-refractivity contribution in [3.63, 3.8) is 0 Å². The molecule has 9 nitrogen and oxygen atoms in total. The Morgan fingerprint density at radius 3 is 2.54 bits per heavy atom. The standard InChI is InChI=1S/C25H28N4O5S/c1-15(2)29-24-18(13-27-29)17(11-19(28-24)22-9-6-10-35-22)25(31)26-12-16(30)14-34-23-20(32-3)7-5-8-21(23)33-4/h5-11,13,15-16,30H,12,14H2,1-4H3,(H,26,31). The molecule has 0 aliphatic heterocycles. The Balaban J connectivity index is 1.50. The van der Waals surface area contributed by atoms with Crippen molar-refractivity contribution in [1.29, 1.82) is 0 Å². The van der Waals surface area contributed by atoms with E-state index in [4.69, 9.17) is 19.2 Å². The number of carbonyl (C=O) groups is 1. The highest BCUT2D eigenvalue weighted by Gasteiger charge is 2.20. The van der Waals surface area contributed by atoms with E-state index >= 15 is 0 Å². The molecule has 0 saturated carbocycles. The zero-order chi connectivity index (χ0) is 24.9. The van der Waals surface area contributed by atoms with Crippen LogP contribution in [0.3, 0.4) is 0 Å². The van der Waals surface area contributed by atoms with Crippen LogP contribution >= 0.6 is 11.3 Å². The zero-order valence-corrected chi connectivity index (χ0v) is 20.8. The number of carbonyl (C=O) groups excluding carboxylic acids is 1. The fourth-order valence-corrected chi connectivity index (χ4v) is 4.32. The maximum absolute atomic E-state index is 13.2. The highest BCUT2D eigenvalue weighted by Crippen LogP contribution is 2.36. The number of ether oxygens (including phenoxy) is 3. The number of rotatable bonds is 10. The van der Waals surface area contributed by atoms with Gasteiger partial charge in [-0.15, -0.1) is 11.3 Å². The van der Waals surface area contributed by atoms with Gasteiger partial charge in [0.25, 0.3) is 5.91 Å². The summed E-state index contributed by atoms with van der Waals surface area (Å²) in [6.07, 6.45) is 0.698. The van der Waals surface area contributed by atoms with Gasteiger partial charge in [-0.05, 0) is 43.5 Å². The van der Waals surface area contributed by atoms with Crippen LogP contribution in [-0.4, -0.2) is 59.3 Å². The lowest BCUT2D eigenvalue weighted by Gasteiger charge is -2.17. The number of nitrogens with one attached hydrogen (secondary N) is 1. The quantitative estimate of drug-likeness (QED) is 0.343. The summed E-state index contributed by atoms with van der Waals surface area (Å²) in [5.74, 6) is 1.04. The van der Waals surface area contributed by atoms with Gasteiger partial charge in [-0.25, -0.2) is 9.67 Å². The largest absolute Gasteiger partial charge is 0.493 e. The summed E-state index contributed by atoms with van der Waals surface area (Å²) in [5.41, 5.74) is 1.79. The summed E-state index contributed by atoms with van der Waals surface area (Å²) in [7, 11) is 3.05. The van der Waals surface area contributed by atoms with Crippen molar-refractivity contribution in [2.45, 2.75) is 26.0 Å². The fraction of sp³-hybridized carbons (Fsp3) is 0.320. The number of amides is 1. The molecule has 0 fully saturated rings. The molecule has 4 rings (SSSR count). The number of hydrogen-bond acceptors (Lipinski definition) is 8. The average Bonchev–Trinajstić information content (AvgIpc) is 3.55. The molecule has 0 aliphatic carbocycles. The molecule has 1 atom stereocenters. The minimum absolute atomic E-state index is 0.00718. The van der Waals surface area contributed by atoms with Crippen LogP contribution in [0.25, 0.3) is 21.6 Å². The van der Waals surface area contributed by atoms with Gasteiger partial charge >= 0.3 is 0 Å². The molecule has 0 radical (unpaired) electrons. The highest BCUT2D eigenvalue weighted by atomic mass is 32.1. The van der Waals surface area contributed by atoms with E-state index in [1.165, 1.54) is 14.2 Å². The number of aliphatic hydroxyl groups excluding tert-OH is 1. The molecule has 35 heavy (non-hydrogen) atoms. The van der Waals surface area contributed by atoms with Gasteiger partial charge in [0.2, 0.25) is 5.75 Å². The number of pyridine rings is 1. The van der Waals surface area contributed by atoms with Crippen LogP contribution in [0, 0.1) is 0 Å². The molecule has 0 saturated heterocycles. The Hall–Kier alpha value is -3.63. The average molecular weight is 497 g/mol. The lowest BCUT2D eigenvalue weighted by Crippen LogP contribution is -2.35. The number of thiophene rings is 1. The van der Waals surface area contributed by atoms with Crippen LogP contribution in [0.1, 0.15) is 30.2 Å². The highest BCUT2D eigenvalue weighted by molar-refractivity contribution is 7.13. The van der Waals surface area contributed by atoms with Crippen LogP contribution < -0.4 is 19.5 Å². The Morgan fingerprint density at radius 2 is 1.91 bits per heavy atom. The van der Waals surface area contributed by atoms with Crippen molar-refractivity contribution >= 4 is 28.3 Å². The third-order valence-electron chi connectivity index (χ3n) is 5.38. The van der Waals surface area contributed by atoms with Crippen molar-refractivity contribution in [2.75, 3.05) is 27.4 Å². The molecule has 0 aliphatic rings. The van der Waals surface area contributed by atoms with Gasteiger partial charge in [-0.1, -0.05) is 12.1 Å². The lowest BCUT2D eigenvalue weighted by atomic mass is 10.1. The van der Waals surface area contributed by atoms with Crippen LogP contribution in [0.2, 0.25) is 0 Å². The molecule has 4 aromatic rings. The monoisotopic (exact) mass is 496 g/mol. The molecule has 3 aromatic heterocycles. The molecule has 10 heteroatoms. The second kappa shape index (κ2) is 10.7. The number of aromatic nitrogens is 3. The van der Waals surface area contributed by atoms with E-state index in [1.54, 1.807) is 46.5 Å². The van der Waals surface area contributed by atoms with Crippen LogP contribution in [0.4, 0.5) is 0 Å². The van der Waals surface area contributed by atoms with Crippen LogP contribution in [0.15, 0.2) is 48.0 Å². The molecule has 2 N–H and O–H groups in total. The van der Waals surface area contributed by atoms with Gasteiger partial charge in [0, 0.05) is 12.6 Å². The minimum atomic E-state index is -0.957. The van der Waals surface area contributed by atoms with Crippen molar-refractivity contribution in [3.05, 3.63) is 53.5 Å². The first-order valence-electron chi connectivity index (χ1n) is 11.1. The van der Waals surface area contributed by atoms with Gasteiger partial charge < -0.3 is 24.6 Å². The Morgan fingerprint density at radius 1 is 1.17 bits per heavy atom. The second-order valence-electron chi connectivity index (χ2n) is 8.12. The maximum Gasteiger partial charge on any atom is 0.252 e. The predicted molar refractivity (Wildman–Crippen MR) is 135 cm³/mol. The van der Waals surface area contributed by atoms with Crippen molar-refractivity contribution in [1.82, 2.24) is 20.1 Å².